The highest BCUT2D eigenvalue weighted by atomic mass is 16.5. The Bertz CT molecular complexity index is 454. The summed E-state index contributed by atoms with van der Waals surface area (Å²) < 4.78 is 10.3. The van der Waals surface area contributed by atoms with Crippen molar-refractivity contribution < 1.29 is 19.1 Å². The molecule has 0 radical (unpaired) electrons. The summed E-state index contributed by atoms with van der Waals surface area (Å²) in [7, 11) is 0. The van der Waals surface area contributed by atoms with Gasteiger partial charge in [-0.25, -0.2) is 0 Å². The number of ether oxygens (including phenoxy) is 2. The highest BCUT2D eigenvalue weighted by Gasteiger charge is 2.11. The van der Waals surface area contributed by atoms with Gasteiger partial charge in [0.2, 0.25) is 0 Å². The zero-order valence-electron chi connectivity index (χ0n) is 12.9. The molecule has 0 amide bonds. The molecule has 0 aromatic heterocycles. The van der Waals surface area contributed by atoms with Crippen molar-refractivity contribution in [3.8, 4) is 5.75 Å². The van der Waals surface area contributed by atoms with E-state index in [1.807, 2.05) is 25.1 Å². The summed E-state index contributed by atoms with van der Waals surface area (Å²) in [6, 6.07) is 7.32. The lowest BCUT2D eigenvalue weighted by Crippen LogP contribution is -2.05. The van der Waals surface area contributed by atoms with Gasteiger partial charge in [0.05, 0.1) is 18.8 Å². The lowest BCUT2D eigenvalue weighted by molar-refractivity contribution is -0.143. The minimum atomic E-state index is -0.162. The number of rotatable bonds is 10. The van der Waals surface area contributed by atoms with Gasteiger partial charge < -0.3 is 9.47 Å². The molecule has 0 aliphatic heterocycles. The van der Waals surface area contributed by atoms with E-state index in [1.54, 1.807) is 13.0 Å². The molecule has 0 bridgehead atoms. The molecule has 0 unspecified atom stereocenters. The van der Waals surface area contributed by atoms with Crippen LogP contribution < -0.4 is 4.74 Å². The van der Waals surface area contributed by atoms with Gasteiger partial charge in [-0.15, -0.1) is 0 Å². The van der Waals surface area contributed by atoms with Crippen LogP contribution in [0.2, 0.25) is 0 Å². The van der Waals surface area contributed by atoms with E-state index in [-0.39, 0.29) is 11.8 Å². The molecule has 4 heteroatoms. The fourth-order valence-electron chi connectivity index (χ4n) is 2.08. The molecule has 0 atom stereocenters. The smallest absolute Gasteiger partial charge is 0.305 e. The van der Waals surface area contributed by atoms with Gasteiger partial charge in [0, 0.05) is 12.8 Å². The Morgan fingerprint density at radius 1 is 0.952 bits per heavy atom. The summed E-state index contributed by atoms with van der Waals surface area (Å²) in [5.41, 5.74) is 0.643. The first-order valence-electron chi connectivity index (χ1n) is 7.59. The van der Waals surface area contributed by atoms with Gasteiger partial charge in [0.25, 0.3) is 0 Å². The molecule has 21 heavy (non-hydrogen) atoms. The Kier molecular flexibility index (Phi) is 8.17. The molecule has 0 aliphatic carbocycles. The summed E-state index contributed by atoms with van der Waals surface area (Å²) in [5, 5.41) is 0. The van der Waals surface area contributed by atoms with E-state index in [2.05, 4.69) is 0 Å². The Hall–Kier alpha value is -1.84. The van der Waals surface area contributed by atoms with Crippen LogP contribution in [0.1, 0.15) is 56.3 Å². The van der Waals surface area contributed by atoms with E-state index >= 15 is 0 Å². The molecule has 0 fully saturated rings. The van der Waals surface area contributed by atoms with Crippen LogP contribution in [0.3, 0.4) is 0 Å². The van der Waals surface area contributed by atoms with Crippen molar-refractivity contribution in [1.82, 2.24) is 0 Å². The first kappa shape index (κ1) is 17.2. The van der Waals surface area contributed by atoms with Gasteiger partial charge >= 0.3 is 5.97 Å². The molecular weight excluding hydrogens is 268 g/mol. The average molecular weight is 292 g/mol. The minimum absolute atomic E-state index is 0.0928. The van der Waals surface area contributed by atoms with Gasteiger partial charge in [-0.2, -0.15) is 0 Å². The van der Waals surface area contributed by atoms with E-state index in [0.29, 0.717) is 37.4 Å². The molecule has 1 aromatic carbocycles. The molecule has 0 saturated carbocycles. The fourth-order valence-corrected chi connectivity index (χ4v) is 2.08. The van der Waals surface area contributed by atoms with Crippen LogP contribution in [0.25, 0.3) is 0 Å². The summed E-state index contributed by atoms with van der Waals surface area (Å²) in [6.07, 6.45) is 3.30. The normalized spacial score (nSPS) is 10.2. The predicted octanol–water partition coefficient (Wildman–Crippen LogP) is 3.78. The van der Waals surface area contributed by atoms with Crippen molar-refractivity contribution in [2.75, 3.05) is 13.2 Å². The van der Waals surface area contributed by atoms with E-state index in [4.69, 9.17) is 9.47 Å². The van der Waals surface area contributed by atoms with Crippen LogP contribution >= 0.6 is 0 Å². The molecule has 0 saturated heterocycles. The zero-order chi connectivity index (χ0) is 15.5. The monoisotopic (exact) mass is 292 g/mol. The number of Topliss-reactive ketones (excluding diaryl/α,β-unsaturated/α-hetero) is 1. The number of ketones is 1. The topological polar surface area (TPSA) is 52.6 Å². The molecule has 0 heterocycles. The van der Waals surface area contributed by atoms with Crippen molar-refractivity contribution in [3.63, 3.8) is 0 Å². The third-order valence-electron chi connectivity index (χ3n) is 3.08. The fraction of sp³-hybridized carbons (Fsp3) is 0.529. The highest BCUT2D eigenvalue weighted by Crippen LogP contribution is 2.20. The Balaban J connectivity index is 2.32. The Morgan fingerprint density at radius 3 is 2.38 bits per heavy atom. The van der Waals surface area contributed by atoms with Crippen LogP contribution in [-0.2, 0) is 9.53 Å². The van der Waals surface area contributed by atoms with Gasteiger partial charge in [0.15, 0.2) is 5.78 Å². The predicted molar refractivity (Wildman–Crippen MR) is 81.7 cm³/mol. The van der Waals surface area contributed by atoms with Crippen LogP contribution in [-0.4, -0.2) is 25.0 Å². The first-order valence-corrected chi connectivity index (χ1v) is 7.59. The number of benzene rings is 1. The zero-order valence-corrected chi connectivity index (χ0v) is 12.9. The SMILES string of the molecule is CCOC(=O)CCCCCC(=O)c1ccccc1OCC. The molecule has 116 valence electrons. The maximum Gasteiger partial charge on any atom is 0.305 e. The van der Waals surface area contributed by atoms with Crippen LogP contribution in [0.15, 0.2) is 24.3 Å². The van der Waals surface area contributed by atoms with Crippen molar-refractivity contribution in [1.29, 1.82) is 0 Å². The van der Waals surface area contributed by atoms with Crippen LogP contribution in [0.5, 0.6) is 5.75 Å². The largest absolute Gasteiger partial charge is 0.493 e. The number of hydrogen-bond acceptors (Lipinski definition) is 4. The molecular formula is C17H24O4. The van der Waals surface area contributed by atoms with E-state index < -0.39 is 0 Å². The van der Waals surface area contributed by atoms with Crippen molar-refractivity contribution in [2.24, 2.45) is 0 Å². The average Bonchev–Trinajstić information content (AvgIpc) is 2.48. The van der Waals surface area contributed by atoms with E-state index in [0.717, 1.165) is 19.3 Å². The second-order valence-electron chi connectivity index (χ2n) is 4.72. The maximum atomic E-state index is 12.2. The van der Waals surface area contributed by atoms with Crippen molar-refractivity contribution in [3.05, 3.63) is 29.8 Å². The first-order chi connectivity index (χ1) is 10.2. The minimum Gasteiger partial charge on any atom is -0.493 e. The Morgan fingerprint density at radius 2 is 1.67 bits per heavy atom. The summed E-state index contributed by atoms with van der Waals surface area (Å²) >= 11 is 0. The van der Waals surface area contributed by atoms with Crippen molar-refractivity contribution in [2.45, 2.75) is 46.0 Å². The van der Waals surface area contributed by atoms with Crippen molar-refractivity contribution >= 4 is 11.8 Å². The Labute approximate surface area is 126 Å². The summed E-state index contributed by atoms with van der Waals surface area (Å²) in [6.45, 7) is 4.67. The van der Waals surface area contributed by atoms with Gasteiger partial charge in [-0.1, -0.05) is 18.6 Å². The van der Waals surface area contributed by atoms with E-state index in [1.165, 1.54) is 0 Å². The van der Waals surface area contributed by atoms with Crippen LogP contribution in [0, 0.1) is 0 Å². The molecule has 0 spiro atoms. The molecule has 0 aliphatic rings. The maximum absolute atomic E-state index is 12.2. The molecule has 1 aromatic rings. The lowest BCUT2D eigenvalue weighted by atomic mass is 10.0. The standard InChI is InChI=1S/C17H24O4/c1-3-20-16-12-9-8-10-14(16)15(18)11-6-5-7-13-17(19)21-4-2/h8-10,12H,3-7,11,13H2,1-2H3. The van der Waals surface area contributed by atoms with Gasteiger partial charge in [-0.3, -0.25) is 9.59 Å². The third kappa shape index (κ3) is 6.43. The lowest BCUT2D eigenvalue weighted by Gasteiger charge is -2.08. The second kappa shape index (κ2) is 9.97. The summed E-state index contributed by atoms with van der Waals surface area (Å²) in [5.74, 6) is 0.581. The molecule has 4 nitrogen and oxygen atoms in total. The number of carbonyl (C=O) groups is 2. The number of carbonyl (C=O) groups excluding carboxylic acids is 2. The highest BCUT2D eigenvalue weighted by molar-refractivity contribution is 5.98. The van der Waals surface area contributed by atoms with E-state index in [9.17, 15) is 9.59 Å². The number of esters is 1. The third-order valence-corrected chi connectivity index (χ3v) is 3.08. The number of para-hydroxylation sites is 1. The molecule has 0 N–H and O–H groups in total. The quantitative estimate of drug-likeness (QED) is 0.374. The second-order valence-corrected chi connectivity index (χ2v) is 4.72. The number of unbranched alkanes of at least 4 members (excludes halogenated alkanes) is 2. The van der Waals surface area contributed by atoms with Gasteiger partial charge in [0.1, 0.15) is 5.75 Å². The van der Waals surface area contributed by atoms with Crippen LogP contribution in [0.4, 0.5) is 0 Å². The van der Waals surface area contributed by atoms with Gasteiger partial charge in [-0.05, 0) is 38.8 Å². The molecule has 1 rings (SSSR count). The number of hydrogen-bond donors (Lipinski definition) is 0. The summed E-state index contributed by atoms with van der Waals surface area (Å²) in [4.78, 5) is 23.3.